The average molecular weight is 872 g/mol. The van der Waals surface area contributed by atoms with Gasteiger partial charge in [-0.2, -0.15) is 0 Å². The fourth-order valence-electron chi connectivity index (χ4n) is 8.70. The van der Waals surface area contributed by atoms with Crippen LogP contribution in [0.1, 0.15) is 27.8 Å². The van der Waals surface area contributed by atoms with E-state index in [-0.39, 0.29) is 11.1 Å². The fourth-order valence-corrected chi connectivity index (χ4v) is 8.70. The number of benzene rings is 4. The Balaban J connectivity index is 0.000000159. The predicted octanol–water partition coefficient (Wildman–Crippen LogP) is 7.75. The summed E-state index contributed by atoms with van der Waals surface area (Å²) in [7, 11) is 1.61. The molecule has 4 aliphatic rings. The number of morpholine rings is 2. The minimum Gasteiger partial charge on any atom is -0.481 e. The Morgan fingerprint density at radius 1 is 0.646 bits per heavy atom. The smallest absolute Gasteiger partial charge is 0.250 e. The molecule has 0 saturated carbocycles. The number of hydrogen-bond acceptors (Lipinski definition) is 12. The minimum atomic E-state index is -0.129. The number of nitrogen functional groups attached to an aromatic ring is 1. The van der Waals surface area contributed by atoms with Gasteiger partial charge in [-0.1, -0.05) is 30.3 Å². The highest BCUT2D eigenvalue weighted by atomic mass is 16.5. The maximum absolute atomic E-state index is 12.6. The van der Waals surface area contributed by atoms with Gasteiger partial charge in [0.15, 0.2) is 0 Å². The molecule has 7 heterocycles. The molecule has 0 radical (unpaired) electrons. The van der Waals surface area contributed by atoms with E-state index < -0.39 is 0 Å². The van der Waals surface area contributed by atoms with Crippen LogP contribution < -0.4 is 46.2 Å². The highest BCUT2D eigenvalue weighted by Gasteiger charge is 2.24. The molecule has 4 aromatic carbocycles. The topological polar surface area (TPSA) is 169 Å². The molecule has 11 rings (SSSR count). The zero-order chi connectivity index (χ0) is 44.3. The first kappa shape index (κ1) is 41.5. The lowest BCUT2D eigenvalue weighted by Gasteiger charge is -2.29. The van der Waals surface area contributed by atoms with Crippen molar-refractivity contribution in [2.45, 2.75) is 19.4 Å². The first-order valence-corrected chi connectivity index (χ1v) is 21.8. The predicted molar refractivity (Wildman–Crippen MR) is 252 cm³/mol. The zero-order valence-corrected chi connectivity index (χ0v) is 36.0. The molecule has 0 amide bonds. The summed E-state index contributed by atoms with van der Waals surface area (Å²) >= 11 is 0. The van der Waals surface area contributed by atoms with E-state index in [1.165, 1.54) is 0 Å². The van der Waals surface area contributed by atoms with E-state index in [0.29, 0.717) is 38.9 Å². The van der Waals surface area contributed by atoms with Gasteiger partial charge < -0.3 is 54.5 Å². The van der Waals surface area contributed by atoms with Gasteiger partial charge in [0.2, 0.25) is 17.0 Å². The summed E-state index contributed by atoms with van der Waals surface area (Å²) < 4.78 is 28.7. The van der Waals surface area contributed by atoms with Gasteiger partial charge in [0.05, 0.1) is 44.9 Å². The number of methoxy groups -OCH3 is 1. The monoisotopic (exact) mass is 871 g/mol. The third kappa shape index (κ3) is 9.12. The van der Waals surface area contributed by atoms with Gasteiger partial charge in [0.25, 0.3) is 0 Å². The first-order valence-electron chi connectivity index (χ1n) is 21.8. The molecule has 0 spiro atoms. The van der Waals surface area contributed by atoms with Crippen molar-refractivity contribution < 1.29 is 23.7 Å². The number of rotatable bonds is 8. The third-order valence-electron chi connectivity index (χ3n) is 12.0. The molecule has 2 fully saturated rings. The van der Waals surface area contributed by atoms with Crippen molar-refractivity contribution in [3.63, 3.8) is 0 Å². The fraction of sp³-hybridized carbons (Fsp3) is 0.235. The Morgan fingerprint density at radius 3 is 1.74 bits per heavy atom. The van der Waals surface area contributed by atoms with E-state index in [4.69, 9.17) is 29.4 Å². The van der Waals surface area contributed by atoms with Crippen LogP contribution in [-0.2, 0) is 28.9 Å². The van der Waals surface area contributed by atoms with Gasteiger partial charge in [-0.3, -0.25) is 9.59 Å². The Kier molecular flexibility index (Phi) is 11.7. The van der Waals surface area contributed by atoms with Crippen molar-refractivity contribution in [2.24, 2.45) is 0 Å². The summed E-state index contributed by atoms with van der Waals surface area (Å²) in [5, 5.41) is 3.46. The lowest BCUT2D eigenvalue weighted by Crippen LogP contribution is -2.36. The summed E-state index contributed by atoms with van der Waals surface area (Å²) in [5.74, 6) is 3.80. The normalized spacial score (nSPS) is 14.8. The van der Waals surface area contributed by atoms with Gasteiger partial charge in [-0.15, -0.1) is 0 Å². The second-order valence-corrected chi connectivity index (χ2v) is 16.3. The van der Waals surface area contributed by atoms with Crippen LogP contribution in [0, 0.1) is 0 Å². The average Bonchev–Trinajstić information content (AvgIpc) is 3.34. The molecule has 0 aliphatic carbocycles. The molecular formula is C51H49N7O7. The number of aromatic amines is 2. The van der Waals surface area contributed by atoms with Crippen molar-refractivity contribution >= 4 is 22.7 Å². The van der Waals surface area contributed by atoms with Crippen LogP contribution >= 0.6 is 0 Å². The highest BCUT2D eigenvalue weighted by Crippen LogP contribution is 2.45. The Labute approximate surface area is 375 Å². The lowest BCUT2D eigenvalue weighted by molar-refractivity contribution is 0.122. The number of nitrogens with two attached hydrogens (primary N) is 1. The van der Waals surface area contributed by atoms with Crippen molar-refractivity contribution in [3.8, 4) is 51.4 Å². The Hall–Kier alpha value is -7.55. The van der Waals surface area contributed by atoms with Crippen LogP contribution in [-0.4, -0.2) is 74.7 Å². The molecule has 7 aromatic rings. The molecular weight excluding hydrogens is 823 g/mol. The van der Waals surface area contributed by atoms with E-state index in [9.17, 15) is 9.59 Å². The molecule has 0 unspecified atom stereocenters. The number of hydrogen-bond donors (Lipinski definition) is 4. The van der Waals surface area contributed by atoms with Gasteiger partial charge in [-0.05, 0) is 77.4 Å². The van der Waals surface area contributed by atoms with Gasteiger partial charge in [0, 0.05) is 115 Å². The summed E-state index contributed by atoms with van der Waals surface area (Å²) in [6.07, 6.45) is 3.30. The number of ether oxygens (including phenoxy) is 5. The van der Waals surface area contributed by atoms with Gasteiger partial charge in [0.1, 0.15) is 23.0 Å². The van der Waals surface area contributed by atoms with Crippen molar-refractivity contribution in [1.82, 2.24) is 15.0 Å². The molecule has 5 N–H and O–H groups in total. The van der Waals surface area contributed by atoms with Crippen molar-refractivity contribution in [1.29, 1.82) is 0 Å². The van der Waals surface area contributed by atoms with Crippen LogP contribution in [0.4, 0.5) is 22.7 Å². The maximum atomic E-state index is 12.6. The van der Waals surface area contributed by atoms with Crippen LogP contribution in [0.15, 0.2) is 125 Å². The number of pyridine rings is 3. The molecule has 14 heteroatoms. The van der Waals surface area contributed by atoms with Crippen LogP contribution in [0.5, 0.6) is 28.9 Å². The molecule has 330 valence electrons. The number of nitrogens with one attached hydrogen (secondary N) is 3. The largest absolute Gasteiger partial charge is 0.481 e. The maximum Gasteiger partial charge on any atom is 0.250 e. The Bertz CT molecular complexity index is 2970. The molecule has 0 bridgehead atoms. The van der Waals surface area contributed by atoms with E-state index in [1.54, 1.807) is 19.2 Å². The van der Waals surface area contributed by atoms with Crippen LogP contribution in [0.2, 0.25) is 0 Å². The van der Waals surface area contributed by atoms with Gasteiger partial charge >= 0.3 is 0 Å². The van der Waals surface area contributed by atoms with Gasteiger partial charge in [-0.25, -0.2) is 4.98 Å². The second kappa shape index (κ2) is 18.3. The SMILES string of the molecule is COc1ccc(CNc2ccc3c(c2)Cc2cccc(-c4cc(N5CCOCC5)cc(=O)[nH]4)c2O3)cn1.Nc1ccc2c(c1)Cc1cccc(-c3cc(N4CCOCC4)cc(=O)[nH]3)c1O2. The molecule has 3 aromatic heterocycles. The number of para-hydroxylation sites is 2. The summed E-state index contributed by atoms with van der Waals surface area (Å²) in [5.41, 5.74) is 17.9. The number of anilines is 4. The number of nitrogens with zero attached hydrogens (tertiary/aromatic N) is 3. The second-order valence-electron chi connectivity index (χ2n) is 16.3. The molecule has 14 nitrogen and oxygen atoms in total. The van der Waals surface area contributed by atoms with Crippen molar-refractivity contribution in [3.05, 3.63) is 164 Å². The Morgan fingerprint density at radius 2 is 1.20 bits per heavy atom. The summed E-state index contributed by atoms with van der Waals surface area (Å²) in [4.78, 5) is 39.5. The standard InChI is InChI=1S/C29H28N4O4.C22H21N3O3/c1-35-28-8-5-19(18-31-28)17-30-22-6-7-26-21(14-22)13-20-3-2-4-24(29(20)37-26)25-15-23(16-27(34)32-25)33-9-11-36-12-10-33;23-16-4-5-20-15(11-16)10-14-2-1-3-18(22(14)28-20)19-12-17(13-21(26)24-19)25-6-8-27-9-7-25/h2-8,14-16,18,30H,9-13,17H2,1H3,(H,32,34);1-5,11-13H,6-10,23H2,(H,24,26). The van der Waals surface area contributed by atoms with Crippen molar-refractivity contribution in [2.75, 3.05) is 80.6 Å². The number of fused-ring (bicyclic) bond motifs is 4. The van der Waals surface area contributed by atoms with Crippen LogP contribution in [0.25, 0.3) is 22.5 Å². The summed E-state index contributed by atoms with van der Waals surface area (Å²) in [6.45, 7) is 6.42. The first-order chi connectivity index (χ1) is 31.8. The molecule has 4 aliphatic heterocycles. The quantitative estimate of drug-likeness (QED) is 0.110. The molecule has 0 atom stereocenters. The highest BCUT2D eigenvalue weighted by molar-refractivity contribution is 5.76. The van der Waals surface area contributed by atoms with Crippen LogP contribution in [0.3, 0.4) is 0 Å². The van der Waals surface area contributed by atoms with E-state index in [2.05, 4.69) is 48.3 Å². The molecule has 65 heavy (non-hydrogen) atoms. The van der Waals surface area contributed by atoms with E-state index in [1.807, 2.05) is 85.1 Å². The summed E-state index contributed by atoms with van der Waals surface area (Å²) in [6, 6.07) is 35.1. The zero-order valence-electron chi connectivity index (χ0n) is 36.0. The molecule has 2 saturated heterocycles. The van der Waals surface area contributed by atoms with E-state index in [0.717, 1.165) is 135 Å². The lowest BCUT2D eigenvalue weighted by atomic mass is 9.96. The minimum absolute atomic E-state index is 0.124. The van der Waals surface area contributed by atoms with E-state index >= 15 is 0 Å². The number of aromatic nitrogens is 3. The third-order valence-corrected chi connectivity index (χ3v) is 12.0. The number of H-pyrrole nitrogens is 2.